The number of carbonyl (C=O) groups is 2. The number of thiazole rings is 1. The summed E-state index contributed by atoms with van der Waals surface area (Å²) >= 11 is 1.12. The largest absolute Gasteiger partial charge is 0.477 e. The summed E-state index contributed by atoms with van der Waals surface area (Å²) in [5.41, 5.74) is 2.01. The molecular formula is C19H14N4O3S. The average molecular weight is 378 g/mol. The molecule has 0 atom stereocenters. The molecule has 134 valence electrons. The minimum absolute atomic E-state index is 0.0935. The van der Waals surface area contributed by atoms with Gasteiger partial charge in [0.25, 0.3) is 5.91 Å². The maximum Gasteiger partial charge on any atom is 0.353 e. The Morgan fingerprint density at radius 1 is 1.19 bits per heavy atom. The van der Waals surface area contributed by atoms with E-state index < -0.39 is 11.9 Å². The number of aromatic nitrogens is 3. The minimum Gasteiger partial charge on any atom is -0.477 e. The molecule has 0 spiro atoms. The second kappa shape index (κ2) is 7.00. The molecule has 0 aliphatic heterocycles. The summed E-state index contributed by atoms with van der Waals surface area (Å²) in [6.07, 6.45) is 3.20. The molecule has 0 aliphatic rings. The van der Waals surface area contributed by atoms with Crippen LogP contribution in [0.1, 0.15) is 26.4 Å². The Kier molecular flexibility index (Phi) is 4.39. The van der Waals surface area contributed by atoms with E-state index in [1.807, 2.05) is 30.3 Å². The predicted octanol–water partition coefficient (Wildman–Crippen LogP) is 2.91. The SMILES string of the molecule is O=C(N=c1scc(C(=O)O)n1Cc1ccccc1)c1c[nH]c2ncccc12. The summed E-state index contributed by atoms with van der Waals surface area (Å²) in [5.74, 6) is -1.51. The molecule has 0 saturated carbocycles. The molecule has 1 amide bonds. The van der Waals surface area contributed by atoms with Crippen LogP contribution in [0.3, 0.4) is 0 Å². The van der Waals surface area contributed by atoms with Gasteiger partial charge in [-0.1, -0.05) is 30.3 Å². The Labute approximate surface area is 157 Å². The predicted molar refractivity (Wildman–Crippen MR) is 101 cm³/mol. The third-order valence-corrected chi connectivity index (χ3v) is 4.94. The molecule has 3 heterocycles. The van der Waals surface area contributed by atoms with Crippen molar-refractivity contribution >= 4 is 34.2 Å². The van der Waals surface area contributed by atoms with Gasteiger partial charge >= 0.3 is 5.97 Å². The van der Waals surface area contributed by atoms with Gasteiger partial charge in [0.15, 0.2) is 4.80 Å². The topological polar surface area (TPSA) is 100 Å². The summed E-state index contributed by atoms with van der Waals surface area (Å²) in [4.78, 5) is 35.9. The molecule has 8 heteroatoms. The van der Waals surface area contributed by atoms with Crippen molar-refractivity contribution in [3.8, 4) is 0 Å². The molecule has 0 unspecified atom stereocenters. The summed E-state index contributed by atoms with van der Waals surface area (Å²) in [6.45, 7) is 0.313. The van der Waals surface area contributed by atoms with Gasteiger partial charge < -0.3 is 14.7 Å². The molecule has 3 aromatic heterocycles. The summed E-state index contributed by atoms with van der Waals surface area (Å²) in [5, 5.41) is 11.6. The number of aromatic amines is 1. The first-order valence-corrected chi connectivity index (χ1v) is 8.98. The number of carboxylic acids is 1. The Morgan fingerprint density at radius 2 is 2.00 bits per heavy atom. The normalized spacial score (nSPS) is 11.8. The van der Waals surface area contributed by atoms with E-state index in [0.29, 0.717) is 27.9 Å². The number of hydrogen-bond acceptors (Lipinski definition) is 4. The van der Waals surface area contributed by atoms with E-state index in [2.05, 4.69) is 15.0 Å². The summed E-state index contributed by atoms with van der Waals surface area (Å²) in [6, 6.07) is 13.0. The van der Waals surface area contributed by atoms with Gasteiger partial charge in [-0.2, -0.15) is 4.99 Å². The van der Waals surface area contributed by atoms with Gasteiger partial charge in [-0.3, -0.25) is 4.79 Å². The van der Waals surface area contributed by atoms with Crippen molar-refractivity contribution in [3.63, 3.8) is 0 Å². The monoisotopic (exact) mass is 378 g/mol. The molecular weight excluding hydrogens is 364 g/mol. The van der Waals surface area contributed by atoms with E-state index in [0.717, 1.165) is 16.9 Å². The van der Waals surface area contributed by atoms with Gasteiger partial charge in [-0.15, -0.1) is 11.3 Å². The average Bonchev–Trinajstić information content (AvgIpc) is 3.27. The van der Waals surface area contributed by atoms with Gasteiger partial charge in [0.2, 0.25) is 0 Å². The van der Waals surface area contributed by atoms with E-state index in [1.54, 1.807) is 24.5 Å². The van der Waals surface area contributed by atoms with Crippen LogP contribution in [0.15, 0.2) is 65.2 Å². The molecule has 0 saturated heterocycles. The maximum absolute atomic E-state index is 12.7. The Bertz CT molecular complexity index is 1200. The lowest BCUT2D eigenvalue weighted by molar-refractivity contribution is 0.0684. The third-order valence-electron chi connectivity index (χ3n) is 4.08. The van der Waals surface area contributed by atoms with E-state index >= 15 is 0 Å². The van der Waals surface area contributed by atoms with Crippen molar-refractivity contribution in [1.29, 1.82) is 0 Å². The van der Waals surface area contributed by atoms with Gasteiger partial charge in [0.05, 0.1) is 12.1 Å². The molecule has 0 aliphatic carbocycles. The zero-order valence-electron chi connectivity index (χ0n) is 14.0. The molecule has 2 N–H and O–H groups in total. The first-order chi connectivity index (χ1) is 13.1. The van der Waals surface area contributed by atoms with Crippen LogP contribution in [0, 0.1) is 0 Å². The number of nitrogens with one attached hydrogen (secondary N) is 1. The number of H-pyrrole nitrogens is 1. The zero-order chi connectivity index (χ0) is 18.8. The smallest absolute Gasteiger partial charge is 0.353 e. The molecule has 27 heavy (non-hydrogen) atoms. The van der Waals surface area contributed by atoms with E-state index in [1.165, 1.54) is 9.95 Å². The van der Waals surface area contributed by atoms with Gasteiger partial charge in [-0.25, -0.2) is 9.78 Å². The number of aromatic carboxylic acids is 1. The number of fused-ring (bicyclic) bond motifs is 1. The first-order valence-electron chi connectivity index (χ1n) is 8.10. The van der Waals surface area contributed by atoms with Crippen molar-refractivity contribution in [3.05, 3.63) is 81.9 Å². The summed E-state index contributed by atoms with van der Waals surface area (Å²) in [7, 11) is 0. The second-order valence-corrected chi connectivity index (χ2v) is 6.64. The number of hydrogen-bond donors (Lipinski definition) is 2. The maximum atomic E-state index is 12.7. The number of rotatable bonds is 4. The van der Waals surface area contributed by atoms with Crippen LogP contribution in [0.25, 0.3) is 11.0 Å². The fourth-order valence-corrected chi connectivity index (χ4v) is 3.66. The summed E-state index contributed by atoms with van der Waals surface area (Å²) < 4.78 is 1.54. The van der Waals surface area contributed by atoms with Gasteiger partial charge in [0, 0.05) is 23.2 Å². The first kappa shape index (κ1) is 16.9. The zero-order valence-corrected chi connectivity index (χ0v) is 14.8. The van der Waals surface area contributed by atoms with Crippen molar-refractivity contribution in [2.24, 2.45) is 4.99 Å². The number of carboxylic acid groups (broad SMARTS) is 1. The molecule has 1 aromatic carbocycles. The number of amides is 1. The molecule has 4 aromatic rings. The third kappa shape index (κ3) is 3.30. The van der Waals surface area contributed by atoms with Gasteiger partial charge in [-0.05, 0) is 17.7 Å². The highest BCUT2D eigenvalue weighted by molar-refractivity contribution is 7.07. The van der Waals surface area contributed by atoms with Crippen molar-refractivity contribution in [1.82, 2.24) is 14.5 Å². The molecule has 0 fully saturated rings. The standard InChI is InChI=1S/C19H14N4O3S/c24-17(14-9-21-16-13(14)7-4-8-20-16)22-19-23(15(11-27-19)18(25)26)10-12-5-2-1-3-6-12/h1-9,11H,10H2,(H,20,21)(H,25,26). The highest BCUT2D eigenvalue weighted by Crippen LogP contribution is 2.16. The molecule has 4 rings (SSSR count). The van der Waals surface area contributed by atoms with Crippen molar-refractivity contribution in [2.45, 2.75) is 6.54 Å². The fourth-order valence-electron chi connectivity index (χ4n) is 2.79. The molecule has 0 bridgehead atoms. The molecule has 7 nitrogen and oxygen atoms in total. The number of pyridine rings is 1. The Balaban J connectivity index is 1.79. The number of nitrogens with zero attached hydrogens (tertiary/aromatic N) is 3. The van der Waals surface area contributed by atoms with Crippen LogP contribution in [0.4, 0.5) is 0 Å². The van der Waals surface area contributed by atoms with E-state index in [4.69, 9.17) is 0 Å². The Morgan fingerprint density at radius 3 is 2.78 bits per heavy atom. The van der Waals surface area contributed by atoms with E-state index in [-0.39, 0.29) is 5.69 Å². The highest BCUT2D eigenvalue weighted by Gasteiger charge is 2.16. The lowest BCUT2D eigenvalue weighted by Gasteiger charge is -2.06. The van der Waals surface area contributed by atoms with Crippen molar-refractivity contribution < 1.29 is 14.7 Å². The fraction of sp³-hybridized carbons (Fsp3) is 0.0526. The van der Waals surface area contributed by atoms with Crippen LogP contribution in [0.2, 0.25) is 0 Å². The highest BCUT2D eigenvalue weighted by atomic mass is 32.1. The second-order valence-electron chi connectivity index (χ2n) is 5.80. The number of benzene rings is 1. The van der Waals surface area contributed by atoms with Crippen LogP contribution >= 0.6 is 11.3 Å². The lowest BCUT2D eigenvalue weighted by Crippen LogP contribution is -2.22. The van der Waals surface area contributed by atoms with Crippen molar-refractivity contribution in [2.75, 3.05) is 0 Å². The minimum atomic E-state index is -1.06. The molecule has 0 radical (unpaired) electrons. The van der Waals surface area contributed by atoms with Crippen LogP contribution in [-0.2, 0) is 6.54 Å². The quantitative estimate of drug-likeness (QED) is 0.570. The number of carbonyl (C=O) groups excluding carboxylic acids is 1. The van der Waals surface area contributed by atoms with Gasteiger partial charge in [0.1, 0.15) is 11.3 Å². The lowest BCUT2D eigenvalue weighted by atomic mass is 10.2. The Hall–Kier alpha value is -3.52. The van der Waals surface area contributed by atoms with Crippen LogP contribution < -0.4 is 4.80 Å². The van der Waals surface area contributed by atoms with Crippen LogP contribution in [0.5, 0.6) is 0 Å². The van der Waals surface area contributed by atoms with E-state index in [9.17, 15) is 14.7 Å². The van der Waals surface area contributed by atoms with Crippen LogP contribution in [-0.4, -0.2) is 31.5 Å².